The van der Waals surface area contributed by atoms with Gasteiger partial charge in [-0.25, -0.2) is 13.2 Å². The molecule has 0 spiro atoms. The van der Waals surface area contributed by atoms with E-state index < -0.39 is 27.9 Å². The first-order chi connectivity index (χ1) is 9.27. The zero-order valence-corrected chi connectivity index (χ0v) is 12.7. The molecule has 0 aliphatic heterocycles. The van der Waals surface area contributed by atoms with Gasteiger partial charge in [-0.1, -0.05) is 6.92 Å². The highest BCUT2D eigenvalue weighted by molar-refractivity contribution is 7.89. The number of aromatic carboxylic acids is 1. The van der Waals surface area contributed by atoms with Crippen molar-refractivity contribution in [1.29, 1.82) is 0 Å². The van der Waals surface area contributed by atoms with Crippen LogP contribution in [-0.4, -0.2) is 38.0 Å². The van der Waals surface area contributed by atoms with Crippen LogP contribution in [0.15, 0.2) is 16.3 Å². The van der Waals surface area contributed by atoms with Crippen LogP contribution in [0.3, 0.4) is 0 Å². The van der Waals surface area contributed by atoms with Crippen LogP contribution in [0.25, 0.3) is 0 Å². The van der Waals surface area contributed by atoms with Crippen LogP contribution in [0.5, 0.6) is 0 Å². The molecule has 3 N–H and O–H groups in total. The Kier molecular flexibility index (Phi) is 5.66. The van der Waals surface area contributed by atoms with Crippen LogP contribution in [0.4, 0.5) is 0 Å². The quantitative estimate of drug-likeness (QED) is 0.682. The Morgan fingerprint density at radius 3 is 2.60 bits per heavy atom. The van der Waals surface area contributed by atoms with Gasteiger partial charge in [0.05, 0.1) is 10.9 Å². The largest absolute Gasteiger partial charge is 0.477 e. The first-order valence-corrected chi connectivity index (χ1v) is 8.26. The van der Waals surface area contributed by atoms with Gasteiger partial charge in [-0.3, -0.25) is 4.79 Å². The molecule has 112 valence electrons. The topological polar surface area (TPSA) is 113 Å². The molecule has 1 amide bonds. The molecule has 1 rings (SSSR count). The van der Waals surface area contributed by atoms with Gasteiger partial charge in [0.15, 0.2) is 0 Å². The average Bonchev–Trinajstić information content (AvgIpc) is 2.85. The van der Waals surface area contributed by atoms with E-state index in [4.69, 9.17) is 5.11 Å². The zero-order valence-electron chi connectivity index (χ0n) is 11.0. The smallest absolute Gasteiger partial charge is 0.345 e. The van der Waals surface area contributed by atoms with Crippen molar-refractivity contribution in [2.75, 3.05) is 6.54 Å². The third kappa shape index (κ3) is 4.29. The second kappa shape index (κ2) is 6.82. The number of thiophene rings is 1. The van der Waals surface area contributed by atoms with E-state index in [0.29, 0.717) is 6.54 Å². The number of sulfonamides is 1. The number of carbonyl (C=O) groups excluding carboxylic acids is 1. The van der Waals surface area contributed by atoms with Crippen LogP contribution >= 0.6 is 11.3 Å². The van der Waals surface area contributed by atoms with Crippen molar-refractivity contribution < 1.29 is 23.1 Å². The minimum absolute atomic E-state index is 0.0755. The maximum atomic E-state index is 12.0. The molecule has 1 aromatic rings. The molecule has 0 radical (unpaired) electrons. The second-order valence-electron chi connectivity index (χ2n) is 4.09. The van der Waals surface area contributed by atoms with Crippen LogP contribution in [-0.2, 0) is 14.8 Å². The fourth-order valence-corrected chi connectivity index (χ4v) is 3.64. The minimum atomic E-state index is -3.91. The minimum Gasteiger partial charge on any atom is -0.477 e. The Labute approximate surface area is 121 Å². The molecule has 1 aromatic heterocycles. The first-order valence-electron chi connectivity index (χ1n) is 5.89. The van der Waals surface area contributed by atoms with E-state index in [1.165, 1.54) is 12.3 Å². The zero-order chi connectivity index (χ0) is 15.3. The van der Waals surface area contributed by atoms with E-state index in [1.807, 2.05) is 6.92 Å². The summed E-state index contributed by atoms with van der Waals surface area (Å²) in [5.74, 6) is -1.62. The first kappa shape index (κ1) is 16.6. The number of nitrogens with one attached hydrogen (secondary N) is 2. The normalized spacial score (nSPS) is 12.9. The van der Waals surface area contributed by atoms with E-state index in [2.05, 4.69) is 10.0 Å². The molecule has 20 heavy (non-hydrogen) atoms. The van der Waals surface area contributed by atoms with Crippen molar-refractivity contribution >= 4 is 33.2 Å². The van der Waals surface area contributed by atoms with E-state index in [9.17, 15) is 18.0 Å². The number of rotatable bonds is 7. The molecule has 0 fully saturated rings. The van der Waals surface area contributed by atoms with Crippen molar-refractivity contribution in [1.82, 2.24) is 10.0 Å². The Morgan fingerprint density at radius 1 is 1.45 bits per heavy atom. The molecule has 0 aliphatic carbocycles. The highest BCUT2D eigenvalue weighted by Gasteiger charge is 2.23. The fraction of sp³-hybridized carbons (Fsp3) is 0.455. The molecule has 1 atom stereocenters. The van der Waals surface area contributed by atoms with Gasteiger partial charge >= 0.3 is 5.97 Å². The summed E-state index contributed by atoms with van der Waals surface area (Å²) in [6, 6.07) is 0.131. The predicted octanol–water partition coefficient (Wildman–Crippen LogP) is 0.639. The number of carbonyl (C=O) groups is 2. The van der Waals surface area contributed by atoms with Crippen LogP contribution < -0.4 is 10.0 Å². The second-order valence-corrected chi connectivity index (χ2v) is 6.71. The van der Waals surface area contributed by atoms with Gasteiger partial charge in [0, 0.05) is 11.9 Å². The van der Waals surface area contributed by atoms with Crippen LogP contribution in [0.2, 0.25) is 0 Å². The maximum Gasteiger partial charge on any atom is 0.345 e. The lowest BCUT2D eigenvalue weighted by atomic mass is 10.3. The molecule has 1 heterocycles. The Hall–Kier alpha value is -1.45. The van der Waals surface area contributed by atoms with E-state index in [1.54, 1.807) is 0 Å². The molecule has 0 aliphatic rings. The average molecular weight is 320 g/mol. The van der Waals surface area contributed by atoms with E-state index in [0.717, 1.165) is 23.8 Å². The van der Waals surface area contributed by atoms with Crippen molar-refractivity contribution in [3.63, 3.8) is 0 Å². The maximum absolute atomic E-state index is 12.0. The number of amides is 1. The molecule has 0 saturated carbocycles. The summed E-state index contributed by atoms with van der Waals surface area (Å²) in [5, 5.41) is 12.6. The summed E-state index contributed by atoms with van der Waals surface area (Å²) in [6.07, 6.45) is 0.748. The predicted molar refractivity (Wildman–Crippen MR) is 74.4 cm³/mol. The van der Waals surface area contributed by atoms with Crippen molar-refractivity contribution in [2.45, 2.75) is 31.2 Å². The van der Waals surface area contributed by atoms with E-state index in [-0.39, 0.29) is 9.77 Å². The Morgan fingerprint density at radius 2 is 2.10 bits per heavy atom. The Balaban J connectivity index is 2.78. The summed E-state index contributed by atoms with van der Waals surface area (Å²) >= 11 is 0.815. The number of hydrogen-bond donors (Lipinski definition) is 3. The molecule has 0 saturated heterocycles. The third-order valence-corrected chi connectivity index (χ3v) is 4.96. The molecule has 1 unspecified atom stereocenters. The van der Waals surface area contributed by atoms with Gasteiger partial charge in [-0.2, -0.15) is 4.72 Å². The number of hydrogen-bond acceptors (Lipinski definition) is 5. The van der Waals surface area contributed by atoms with Gasteiger partial charge in [-0.15, -0.1) is 11.3 Å². The highest BCUT2D eigenvalue weighted by Crippen LogP contribution is 2.19. The molecular formula is C11H16N2O5S2. The van der Waals surface area contributed by atoms with Crippen LogP contribution in [0.1, 0.15) is 29.9 Å². The monoisotopic (exact) mass is 320 g/mol. The van der Waals surface area contributed by atoms with Gasteiger partial charge in [-0.05, 0) is 19.4 Å². The van der Waals surface area contributed by atoms with Crippen molar-refractivity contribution in [3.05, 3.63) is 16.3 Å². The van der Waals surface area contributed by atoms with Gasteiger partial charge in [0.2, 0.25) is 15.9 Å². The van der Waals surface area contributed by atoms with E-state index >= 15 is 0 Å². The summed E-state index contributed by atoms with van der Waals surface area (Å²) in [6.45, 7) is 3.77. The standard InChI is InChI=1S/C11H16N2O5S2/c1-3-4-12-10(14)7(2)13-20(17,18)8-5-9(11(15)16)19-6-8/h5-7,13H,3-4H2,1-2H3,(H,12,14)(H,15,16). The number of carboxylic acids is 1. The molecule has 0 bridgehead atoms. The van der Waals surface area contributed by atoms with Gasteiger partial charge < -0.3 is 10.4 Å². The lowest BCUT2D eigenvalue weighted by Gasteiger charge is -2.13. The molecule has 0 aromatic carbocycles. The molecular weight excluding hydrogens is 304 g/mol. The molecule has 7 nitrogen and oxygen atoms in total. The summed E-state index contributed by atoms with van der Waals surface area (Å²) in [4.78, 5) is 22.1. The SMILES string of the molecule is CCCNC(=O)C(C)NS(=O)(=O)c1csc(C(=O)O)c1. The summed E-state index contributed by atoms with van der Waals surface area (Å²) in [5.41, 5.74) is 0. The third-order valence-electron chi connectivity index (χ3n) is 2.37. The summed E-state index contributed by atoms with van der Waals surface area (Å²) < 4.78 is 26.2. The van der Waals surface area contributed by atoms with Crippen LogP contribution in [0, 0.1) is 0 Å². The highest BCUT2D eigenvalue weighted by atomic mass is 32.2. The number of carboxylic acid groups (broad SMARTS) is 1. The fourth-order valence-electron chi connectivity index (χ4n) is 1.33. The summed E-state index contributed by atoms with van der Waals surface area (Å²) in [7, 11) is -3.91. The lowest BCUT2D eigenvalue weighted by Crippen LogP contribution is -2.44. The van der Waals surface area contributed by atoms with Gasteiger partial charge in [0.1, 0.15) is 4.88 Å². The van der Waals surface area contributed by atoms with Crippen molar-refractivity contribution in [2.24, 2.45) is 0 Å². The Bertz CT molecular complexity index is 594. The van der Waals surface area contributed by atoms with Crippen molar-refractivity contribution in [3.8, 4) is 0 Å². The lowest BCUT2D eigenvalue weighted by molar-refractivity contribution is -0.122. The van der Waals surface area contributed by atoms with Gasteiger partial charge in [0.25, 0.3) is 0 Å². The molecule has 9 heteroatoms.